The Morgan fingerprint density at radius 3 is 2.85 bits per heavy atom. The Hall–Kier alpha value is -1.71. The van der Waals surface area contributed by atoms with Crippen molar-refractivity contribution in [2.75, 3.05) is 6.61 Å². The van der Waals surface area contributed by atoms with E-state index in [1.54, 1.807) is 0 Å². The first-order valence-electron chi connectivity index (χ1n) is 13.2. The van der Waals surface area contributed by atoms with Gasteiger partial charge in [0.05, 0.1) is 5.60 Å². The number of carbonyl (C=O) groups is 1. The van der Waals surface area contributed by atoms with E-state index in [1.165, 1.54) is 22.3 Å². The van der Waals surface area contributed by atoms with Gasteiger partial charge in [-0.15, -0.1) is 0 Å². The highest BCUT2D eigenvalue weighted by molar-refractivity contribution is 5.91. The van der Waals surface area contributed by atoms with E-state index in [-0.39, 0.29) is 17.4 Å². The molecule has 3 nitrogen and oxygen atoms in total. The fourth-order valence-electron chi connectivity index (χ4n) is 9.63. The quantitative estimate of drug-likeness (QED) is 0.633. The van der Waals surface area contributed by atoms with E-state index in [2.05, 4.69) is 31.7 Å². The molecule has 7 atom stereocenters. The van der Waals surface area contributed by atoms with Crippen molar-refractivity contribution in [1.82, 2.24) is 0 Å². The first-order valence-corrected chi connectivity index (χ1v) is 13.2. The van der Waals surface area contributed by atoms with Gasteiger partial charge < -0.3 is 10.2 Å². The summed E-state index contributed by atoms with van der Waals surface area (Å²) in [7, 11) is 0. The molecule has 0 saturated heterocycles. The Morgan fingerprint density at radius 1 is 1.21 bits per heavy atom. The van der Waals surface area contributed by atoms with Crippen molar-refractivity contribution >= 4 is 11.9 Å². The maximum Gasteiger partial charge on any atom is 0.155 e. The monoisotopic (exact) mass is 446 g/mol. The number of hydrogen-bond acceptors (Lipinski definition) is 3. The largest absolute Gasteiger partial charge is 0.396 e. The zero-order valence-electron chi connectivity index (χ0n) is 20.0. The van der Waals surface area contributed by atoms with Crippen LogP contribution in [0.3, 0.4) is 0 Å². The van der Waals surface area contributed by atoms with Crippen molar-refractivity contribution in [3.05, 3.63) is 53.1 Å². The Labute approximate surface area is 198 Å². The highest BCUT2D eigenvalue weighted by atomic mass is 16.3. The Morgan fingerprint density at radius 2 is 2.06 bits per heavy atom. The van der Waals surface area contributed by atoms with Crippen molar-refractivity contribution in [3.63, 3.8) is 0 Å². The lowest BCUT2D eigenvalue weighted by atomic mass is 9.39. The van der Waals surface area contributed by atoms with Gasteiger partial charge in [-0.25, -0.2) is 0 Å². The van der Waals surface area contributed by atoms with Crippen LogP contribution in [0.15, 0.2) is 36.4 Å². The summed E-state index contributed by atoms with van der Waals surface area (Å²) in [4.78, 5) is 12.5. The summed E-state index contributed by atoms with van der Waals surface area (Å²) in [5, 5.41) is 21.5. The number of fused-ring (bicyclic) bond motifs is 4. The minimum absolute atomic E-state index is 0.113. The molecule has 0 aromatic heterocycles. The maximum atomic E-state index is 12.5. The first-order chi connectivity index (χ1) is 15.8. The number of allylic oxidation sites excluding steroid dienone is 1. The van der Waals surface area contributed by atoms with E-state index in [0.717, 1.165) is 44.9 Å². The lowest BCUT2D eigenvalue weighted by Crippen LogP contribution is -2.59. The minimum Gasteiger partial charge on any atom is -0.396 e. The molecule has 0 unspecified atom stereocenters. The molecule has 5 aliphatic carbocycles. The summed E-state index contributed by atoms with van der Waals surface area (Å²) >= 11 is 0. The highest BCUT2D eigenvalue weighted by Crippen LogP contribution is 2.73. The van der Waals surface area contributed by atoms with Gasteiger partial charge in [0.1, 0.15) is 0 Å². The van der Waals surface area contributed by atoms with Crippen molar-refractivity contribution in [2.24, 2.45) is 28.6 Å². The molecule has 3 saturated carbocycles. The standard InChI is InChI=1S/C30H38O3/c1-3-19-5-7-23-20(15-19)17-29-12-9-22(32)16-21(29)6-8-24-26-10-13-30(33,11-4-14-31)28(26,2)18-25(23)27(24)29/h3,5,7,15-16,24-27,31,33H,1,4,6,8-14,17-18H2,2H3/t24-,25+,26+,27+,28-,29+,30+/m0/s1. The van der Waals surface area contributed by atoms with Crippen LogP contribution in [0.2, 0.25) is 0 Å². The first kappa shape index (κ1) is 21.8. The molecule has 33 heavy (non-hydrogen) atoms. The van der Waals surface area contributed by atoms with Gasteiger partial charge in [0.2, 0.25) is 0 Å². The number of aliphatic hydroxyl groups excluding tert-OH is 1. The Kier molecular flexibility index (Phi) is 4.88. The molecule has 1 spiro atoms. The van der Waals surface area contributed by atoms with Gasteiger partial charge in [-0.1, -0.05) is 43.4 Å². The minimum atomic E-state index is -0.685. The number of hydrogen-bond donors (Lipinski definition) is 2. The van der Waals surface area contributed by atoms with E-state index < -0.39 is 5.60 Å². The number of rotatable bonds is 4. The number of benzene rings is 1. The van der Waals surface area contributed by atoms with Crippen LogP contribution in [0.1, 0.15) is 87.3 Å². The molecule has 176 valence electrons. The second kappa shape index (κ2) is 7.39. The highest BCUT2D eigenvalue weighted by Gasteiger charge is 2.67. The van der Waals surface area contributed by atoms with Crippen LogP contribution in [0.25, 0.3) is 6.08 Å². The smallest absolute Gasteiger partial charge is 0.155 e. The second-order valence-corrected chi connectivity index (χ2v) is 12.1. The van der Waals surface area contributed by atoms with E-state index >= 15 is 0 Å². The van der Waals surface area contributed by atoms with Gasteiger partial charge in [-0.3, -0.25) is 4.79 Å². The van der Waals surface area contributed by atoms with Gasteiger partial charge in [0, 0.05) is 13.0 Å². The summed E-state index contributed by atoms with van der Waals surface area (Å²) < 4.78 is 0. The van der Waals surface area contributed by atoms with Crippen LogP contribution in [-0.4, -0.2) is 28.2 Å². The molecular weight excluding hydrogens is 408 g/mol. The van der Waals surface area contributed by atoms with Crippen molar-refractivity contribution < 1.29 is 15.0 Å². The molecule has 6 rings (SSSR count). The zero-order chi connectivity index (χ0) is 23.0. The Balaban J connectivity index is 1.52. The Bertz CT molecular complexity index is 1040. The summed E-state index contributed by atoms with van der Waals surface area (Å²) in [6.07, 6.45) is 13.2. The SMILES string of the molecule is C=Cc1ccc2c(c1)C[C@]13CCC(=O)C=C1CC[C@@H]1[C@@H]3[C@@H]2C[C@@]2(C)[C@@H]1CC[C@]2(O)CCCO. The van der Waals surface area contributed by atoms with E-state index in [4.69, 9.17) is 0 Å². The molecule has 0 radical (unpaired) electrons. The van der Waals surface area contributed by atoms with E-state index in [1.807, 2.05) is 12.2 Å². The predicted molar refractivity (Wildman–Crippen MR) is 131 cm³/mol. The predicted octanol–water partition coefficient (Wildman–Crippen LogP) is 5.59. The second-order valence-electron chi connectivity index (χ2n) is 12.1. The normalized spacial score (nSPS) is 43.1. The maximum absolute atomic E-state index is 12.5. The molecular formula is C30H38O3. The summed E-state index contributed by atoms with van der Waals surface area (Å²) in [6.45, 7) is 6.52. The molecule has 0 amide bonds. The van der Waals surface area contributed by atoms with Crippen LogP contribution in [-0.2, 0) is 11.2 Å². The topological polar surface area (TPSA) is 57.5 Å². The van der Waals surface area contributed by atoms with Crippen molar-refractivity contribution in [1.29, 1.82) is 0 Å². The number of ketones is 1. The van der Waals surface area contributed by atoms with Crippen molar-refractivity contribution in [2.45, 2.75) is 82.7 Å². The molecule has 5 aliphatic rings. The van der Waals surface area contributed by atoms with Crippen LogP contribution in [0.4, 0.5) is 0 Å². The third-order valence-corrected chi connectivity index (χ3v) is 11.0. The third kappa shape index (κ3) is 2.85. The lowest BCUT2D eigenvalue weighted by molar-refractivity contribution is -0.146. The fourth-order valence-corrected chi connectivity index (χ4v) is 9.63. The molecule has 0 aliphatic heterocycles. The molecule has 1 aromatic carbocycles. The van der Waals surface area contributed by atoms with E-state index in [0.29, 0.717) is 48.7 Å². The van der Waals surface area contributed by atoms with Gasteiger partial charge in [-0.2, -0.15) is 0 Å². The van der Waals surface area contributed by atoms with Gasteiger partial charge >= 0.3 is 0 Å². The van der Waals surface area contributed by atoms with Gasteiger partial charge in [0.15, 0.2) is 5.78 Å². The fraction of sp³-hybridized carbons (Fsp3) is 0.633. The van der Waals surface area contributed by atoms with Crippen LogP contribution >= 0.6 is 0 Å². The lowest BCUT2D eigenvalue weighted by Gasteiger charge is -2.65. The van der Waals surface area contributed by atoms with Crippen LogP contribution in [0, 0.1) is 28.6 Å². The average Bonchev–Trinajstić information content (AvgIpc) is 3.08. The molecule has 1 aromatic rings. The van der Waals surface area contributed by atoms with Gasteiger partial charge in [-0.05, 0) is 115 Å². The number of carbonyl (C=O) groups excluding carboxylic acids is 1. The average molecular weight is 447 g/mol. The van der Waals surface area contributed by atoms with Crippen LogP contribution < -0.4 is 0 Å². The molecule has 3 heteroatoms. The summed E-state index contributed by atoms with van der Waals surface area (Å²) in [6, 6.07) is 6.90. The molecule has 0 heterocycles. The number of aliphatic hydroxyl groups is 2. The summed E-state index contributed by atoms with van der Waals surface area (Å²) in [5.41, 5.74) is 4.83. The zero-order valence-corrected chi connectivity index (χ0v) is 20.0. The molecule has 2 N–H and O–H groups in total. The molecule has 3 fully saturated rings. The van der Waals surface area contributed by atoms with Gasteiger partial charge in [0.25, 0.3) is 0 Å². The molecule has 0 bridgehead atoms. The third-order valence-electron chi connectivity index (χ3n) is 11.0. The van der Waals surface area contributed by atoms with E-state index in [9.17, 15) is 15.0 Å². The van der Waals surface area contributed by atoms with Crippen molar-refractivity contribution in [3.8, 4) is 0 Å². The van der Waals surface area contributed by atoms with Crippen LogP contribution in [0.5, 0.6) is 0 Å². The summed E-state index contributed by atoms with van der Waals surface area (Å²) in [5.74, 6) is 2.46.